The minimum absolute atomic E-state index is 0.0661. The molecule has 2 aromatic carbocycles. The number of hydrogen-bond donors (Lipinski definition) is 2. The Morgan fingerprint density at radius 1 is 1.21 bits per heavy atom. The number of benzene rings is 2. The van der Waals surface area contributed by atoms with Crippen LogP contribution in [-0.4, -0.2) is 33.2 Å². The van der Waals surface area contributed by atoms with E-state index in [0.29, 0.717) is 5.82 Å². The highest BCUT2D eigenvalue weighted by Gasteiger charge is 2.34. The number of methoxy groups -OCH3 is 1. The van der Waals surface area contributed by atoms with E-state index in [9.17, 15) is 9.90 Å². The molecule has 4 rings (SSSR count). The van der Waals surface area contributed by atoms with Gasteiger partial charge in [-0.2, -0.15) is 5.10 Å². The molecule has 7 heteroatoms. The second kappa shape index (κ2) is 7.24. The molecule has 1 amide bonds. The van der Waals surface area contributed by atoms with Crippen LogP contribution in [0.25, 0.3) is 5.69 Å². The quantitative estimate of drug-likeness (QED) is 0.699. The molecule has 1 aliphatic heterocycles. The van der Waals surface area contributed by atoms with Gasteiger partial charge in [0.25, 0.3) is 0 Å². The van der Waals surface area contributed by atoms with Crippen molar-refractivity contribution in [3.05, 3.63) is 65.4 Å². The van der Waals surface area contributed by atoms with Gasteiger partial charge in [-0.3, -0.25) is 4.79 Å². The average molecular weight is 395 g/mol. The Morgan fingerprint density at radius 3 is 2.64 bits per heavy atom. The molecule has 0 saturated carbocycles. The van der Waals surface area contributed by atoms with Gasteiger partial charge in [0.15, 0.2) is 0 Å². The van der Waals surface area contributed by atoms with Crippen LogP contribution in [0.3, 0.4) is 0 Å². The normalized spacial score (nSPS) is 18.9. The molecule has 0 radical (unpaired) electrons. The second-order valence-corrected chi connectivity index (χ2v) is 8.15. The van der Waals surface area contributed by atoms with E-state index in [1.807, 2.05) is 50.2 Å². The third-order valence-electron chi connectivity index (χ3n) is 4.81. The number of aromatic hydroxyl groups is 1. The van der Waals surface area contributed by atoms with E-state index in [1.165, 1.54) is 0 Å². The van der Waals surface area contributed by atoms with E-state index >= 15 is 0 Å². The van der Waals surface area contributed by atoms with Gasteiger partial charge in [-0.15, -0.1) is 11.8 Å². The van der Waals surface area contributed by atoms with Crippen molar-refractivity contribution < 1.29 is 14.6 Å². The van der Waals surface area contributed by atoms with Crippen LogP contribution in [0.4, 0.5) is 5.82 Å². The maximum Gasteiger partial charge on any atom is 0.238 e. The standard InChI is InChI=1S/C21H21N3O3S/c1-12-18-19(14-5-4-6-16(25)11-14)28-13(2)21(26)22-20(18)24(23-12)15-7-9-17(27-3)10-8-15/h4-11,13,19,25H,1-3H3,(H,22,26)/t13-,19-/m1/s1. The van der Waals surface area contributed by atoms with Crippen molar-refractivity contribution in [2.75, 3.05) is 12.4 Å². The lowest BCUT2D eigenvalue weighted by Crippen LogP contribution is -2.22. The first-order valence-corrected chi connectivity index (χ1v) is 9.91. The maximum absolute atomic E-state index is 12.7. The molecular formula is C21H21N3O3S. The van der Waals surface area contributed by atoms with Crippen molar-refractivity contribution in [1.82, 2.24) is 9.78 Å². The largest absolute Gasteiger partial charge is 0.508 e. The first kappa shape index (κ1) is 18.4. The van der Waals surface area contributed by atoms with Crippen molar-refractivity contribution in [2.24, 2.45) is 0 Å². The lowest BCUT2D eigenvalue weighted by molar-refractivity contribution is -0.115. The lowest BCUT2D eigenvalue weighted by atomic mass is 10.0. The van der Waals surface area contributed by atoms with Crippen LogP contribution >= 0.6 is 11.8 Å². The van der Waals surface area contributed by atoms with E-state index in [1.54, 1.807) is 35.7 Å². The number of hydrogen-bond acceptors (Lipinski definition) is 5. The topological polar surface area (TPSA) is 76.4 Å². The highest BCUT2D eigenvalue weighted by molar-refractivity contribution is 8.01. The molecule has 28 heavy (non-hydrogen) atoms. The van der Waals surface area contributed by atoms with E-state index in [2.05, 4.69) is 5.32 Å². The molecule has 0 fully saturated rings. The van der Waals surface area contributed by atoms with Crippen LogP contribution in [-0.2, 0) is 4.79 Å². The summed E-state index contributed by atoms with van der Waals surface area (Å²) in [7, 11) is 1.62. The molecule has 2 atom stereocenters. The second-order valence-electron chi connectivity index (χ2n) is 6.70. The summed E-state index contributed by atoms with van der Waals surface area (Å²) in [6.07, 6.45) is 0. The number of aryl methyl sites for hydroxylation is 1. The molecular weight excluding hydrogens is 374 g/mol. The van der Waals surface area contributed by atoms with Gasteiger partial charge in [-0.05, 0) is 55.8 Å². The Labute approximate surface area is 167 Å². The third kappa shape index (κ3) is 3.22. The van der Waals surface area contributed by atoms with Crippen molar-refractivity contribution in [1.29, 1.82) is 0 Å². The Balaban J connectivity index is 1.88. The molecule has 6 nitrogen and oxygen atoms in total. The maximum atomic E-state index is 12.7. The van der Waals surface area contributed by atoms with Crippen molar-refractivity contribution in [3.8, 4) is 17.2 Å². The zero-order valence-corrected chi connectivity index (χ0v) is 16.7. The van der Waals surface area contributed by atoms with Gasteiger partial charge in [0.2, 0.25) is 5.91 Å². The predicted octanol–water partition coefficient (Wildman–Crippen LogP) is 4.06. The number of carbonyl (C=O) groups excluding carboxylic acids is 1. The van der Waals surface area contributed by atoms with Gasteiger partial charge in [0, 0.05) is 5.56 Å². The number of amides is 1. The van der Waals surface area contributed by atoms with Gasteiger partial charge in [0.05, 0.1) is 29.0 Å². The van der Waals surface area contributed by atoms with E-state index < -0.39 is 0 Å². The van der Waals surface area contributed by atoms with Crippen LogP contribution in [0.1, 0.15) is 29.0 Å². The summed E-state index contributed by atoms with van der Waals surface area (Å²) in [5, 5.41) is 17.3. The molecule has 1 aliphatic rings. The molecule has 0 aliphatic carbocycles. The Hall–Kier alpha value is -2.93. The summed E-state index contributed by atoms with van der Waals surface area (Å²) in [5.74, 6) is 1.56. The smallest absolute Gasteiger partial charge is 0.238 e. The summed E-state index contributed by atoms with van der Waals surface area (Å²) in [6, 6.07) is 14.7. The minimum atomic E-state index is -0.247. The average Bonchev–Trinajstić information content (AvgIpc) is 2.94. The molecule has 2 heterocycles. The molecule has 0 unspecified atom stereocenters. The van der Waals surface area contributed by atoms with Gasteiger partial charge in [-0.1, -0.05) is 12.1 Å². The minimum Gasteiger partial charge on any atom is -0.508 e. The number of carbonyl (C=O) groups is 1. The monoisotopic (exact) mass is 395 g/mol. The summed E-state index contributed by atoms with van der Waals surface area (Å²) < 4.78 is 6.99. The third-order valence-corrected chi connectivity index (χ3v) is 6.21. The summed E-state index contributed by atoms with van der Waals surface area (Å²) in [4.78, 5) is 12.7. The summed E-state index contributed by atoms with van der Waals surface area (Å²) in [5.41, 5.74) is 3.55. The van der Waals surface area contributed by atoms with Crippen LogP contribution < -0.4 is 10.1 Å². The zero-order valence-electron chi connectivity index (χ0n) is 15.8. The number of rotatable bonds is 3. The van der Waals surface area contributed by atoms with Crippen LogP contribution in [0.2, 0.25) is 0 Å². The van der Waals surface area contributed by atoms with Crippen molar-refractivity contribution in [3.63, 3.8) is 0 Å². The number of phenolic OH excluding ortho intramolecular Hbond substituents is 1. The Bertz CT molecular complexity index is 1030. The molecule has 2 N–H and O–H groups in total. The van der Waals surface area contributed by atoms with E-state index in [4.69, 9.17) is 9.84 Å². The number of thioether (sulfide) groups is 1. The number of nitrogens with one attached hydrogen (secondary N) is 1. The number of aromatic nitrogens is 2. The fraction of sp³-hybridized carbons (Fsp3) is 0.238. The predicted molar refractivity (Wildman–Crippen MR) is 110 cm³/mol. The molecule has 1 aromatic heterocycles. The number of ether oxygens (including phenoxy) is 1. The van der Waals surface area contributed by atoms with Crippen LogP contribution in [0.5, 0.6) is 11.5 Å². The fourth-order valence-electron chi connectivity index (χ4n) is 3.37. The van der Waals surface area contributed by atoms with Gasteiger partial charge < -0.3 is 15.2 Å². The molecule has 144 valence electrons. The van der Waals surface area contributed by atoms with Crippen LogP contribution in [0, 0.1) is 6.92 Å². The summed E-state index contributed by atoms with van der Waals surface area (Å²) >= 11 is 1.55. The highest BCUT2D eigenvalue weighted by atomic mass is 32.2. The number of anilines is 1. The van der Waals surface area contributed by atoms with Crippen molar-refractivity contribution >= 4 is 23.5 Å². The molecule has 0 bridgehead atoms. The van der Waals surface area contributed by atoms with Gasteiger partial charge >= 0.3 is 0 Å². The van der Waals surface area contributed by atoms with Crippen LogP contribution in [0.15, 0.2) is 48.5 Å². The van der Waals surface area contributed by atoms with E-state index in [-0.39, 0.29) is 22.2 Å². The van der Waals surface area contributed by atoms with Crippen molar-refractivity contribution in [2.45, 2.75) is 24.3 Å². The fourth-order valence-corrected chi connectivity index (χ4v) is 4.68. The van der Waals surface area contributed by atoms with Gasteiger partial charge in [-0.25, -0.2) is 4.68 Å². The van der Waals surface area contributed by atoms with Gasteiger partial charge in [0.1, 0.15) is 17.3 Å². The lowest BCUT2D eigenvalue weighted by Gasteiger charge is -2.17. The SMILES string of the molecule is COc1ccc(-n2nc(C)c3c2NC(=O)[C@@H](C)S[C@@H]3c2cccc(O)c2)cc1. The first-order valence-electron chi connectivity index (χ1n) is 8.97. The first-order chi connectivity index (χ1) is 13.5. The zero-order chi connectivity index (χ0) is 19.8. The number of nitrogens with zero attached hydrogens (tertiary/aromatic N) is 2. The summed E-state index contributed by atoms with van der Waals surface area (Å²) in [6.45, 7) is 3.83. The Morgan fingerprint density at radius 2 is 1.96 bits per heavy atom. The number of fused-ring (bicyclic) bond motifs is 1. The molecule has 0 saturated heterocycles. The molecule has 0 spiro atoms. The van der Waals surface area contributed by atoms with E-state index in [0.717, 1.165) is 28.3 Å². The highest BCUT2D eigenvalue weighted by Crippen LogP contribution is 2.46. The number of phenols is 1. The molecule has 3 aromatic rings. The Kier molecular flexibility index (Phi) is 4.77.